The zero-order valence-corrected chi connectivity index (χ0v) is 12.1. The Hall–Kier alpha value is -2.05. The summed E-state index contributed by atoms with van der Waals surface area (Å²) in [6, 6.07) is -0.421. The number of hydrogen-bond acceptors (Lipinski definition) is 3. The molecule has 3 N–H and O–H groups in total. The van der Waals surface area contributed by atoms with Crippen LogP contribution in [-0.4, -0.2) is 33.4 Å². The molecule has 7 heteroatoms. The van der Waals surface area contributed by atoms with Gasteiger partial charge in [-0.3, -0.25) is 9.48 Å². The number of amides is 2. The maximum absolute atomic E-state index is 11.7. The third-order valence-corrected chi connectivity index (χ3v) is 2.83. The summed E-state index contributed by atoms with van der Waals surface area (Å²) in [5.41, 5.74) is 0.583. The number of carboxylic acid groups (broad SMARTS) is 1. The number of nitrogens with zero attached hydrogens (tertiary/aromatic N) is 2. The largest absolute Gasteiger partial charge is 0.481 e. The molecule has 1 unspecified atom stereocenters. The fourth-order valence-corrected chi connectivity index (χ4v) is 1.83. The van der Waals surface area contributed by atoms with Crippen LogP contribution in [-0.2, 0) is 11.3 Å². The van der Waals surface area contributed by atoms with Gasteiger partial charge in [0.25, 0.3) is 0 Å². The van der Waals surface area contributed by atoms with Crippen molar-refractivity contribution >= 4 is 17.7 Å². The van der Waals surface area contributed by atoms with Gasteiger partial charge in [-0.05, 0) is 19.3 Å². The Kier molecular flexibility index (Phi) is 6.02. The number of aryl methyl sites for hydroxylation is 1. The number of urea groups is 1. The molecule has 0 aliphatic carbocycles. The molecule has 0 saturated carbocycles. The van der Waals surface area contributed by atoms with E-state index >= 15 is 0 Å². The highest BCUT2D eigenvalue weighted by atomic mass is 16.4. The predicted octanol–water partition coefficient (Wildman–Crippen LogP) is 1.77. The molecule has 1 aromatic rings. The van der Waals surface area contributed by atoms with Gasteiger partial charge in [0.15, 0.2) is 0 Å². The second-order valence-corrected chi connectivity index (χ2v) is 5.08. The van der Waals surface area contributed by atoms with Crippen molar-refractivity contribution < 1.29 is 14.7 Å². The molecule has 20 heavy (non-hydrogen) atoms. The summed E-state index contributed by atoms with van der Waals surface area (Å²) >= 11 is 0. The van der Waals surface area contributed by atoms with E-state index in [9.17, 15) is 9.59 Å². The second kappa shape index (κ2) is 7.52. The highest BCUT2D eigenvalue weighted by Gasteiger charge is 2.19. The van der Waals surface area contributed by atoms with Crippen molar-refractivity contribution in [1.29, 1.82) is 0 Å². The molecule has 0 spiro atoms. The molecule has 0 bridgehead atoms. The summed E-state index contributed by atoms with van der Waals surface area (Å²) in [5, 5.41) is 18.3. The van der Waals surface area contributed by atoms with E-state index in [1.165, 1.54) is 0 Å². The van der Waals surface area contributed by atoms with Gasteiger partial charge in [-0.15, -0.1) is 0 Å². The number of carboxylic acids is 1. The number of aliphatic carboxylic acids is 1. The van der Waals surface area contributed by atoms with Crippen LogP contribution >= 0.6 is 0 Å². The smallest absolute Gasteiger partial charge is 0.319 e. The fourth-order valence-electron chi connectivity index (χ4n) is 1.83. The van der Waals surface area contributed by atoms with Crippen LogP contribution < -0.4 is 10.6 Å². The lowest BCUT2D eigenvalue weighted by Gasteiger charge is -2.15. The molecule has 2 amide bonds. The molecule has 1 rings (SSSR count). The summed E-state index contributed by atoms with van der Waals surface area (Å²) in [7, 11) is 0. The minimum Gasteiger partial charge on any atom is -0.481 e. The minimum atomic E-state index is -0.891. The Morgan fingerprint density at radius 2 is 2.15 bits per heavy atom. The third kappa shape index (κ3) is 5.29. The van der Waals surface area contributed by atoms with E-state index in [4.69, 9.17) is 5.11 Å². The van der Waals surface area contributed by atoms with Gasteiger partial charge >= 0.3 is 12.0 Å². The molecule has 1 atom stereocenters. The van der Waals surface area contributed by atoms with Crippen LogP contribution in [0.25, 0.3) is 0 Å². The van der Waals surface area contributed by atoms with E-state index in [0.717, 1.165) is 6.54 Å². The summed E-state index contributed by atoms with van der Waals surface area (Å²) in [6.07, 6.45) is 3.79. The van der Waals surface area contributed by atoms with Crippen molar-refractivity contribution in [1.82, 2.24) is 15.1 Å². The minimum absolute atomic E-state index is 0.112. The molecule has 1 heterocycles. The molecule has 0 aromatic carbocycles. The predicted molar refractivity (Wildman–Crippen MR) is 75.5 cm³/mol. The molecule has 0 fully saturated rings. The van der Waals surface area contributed by atoms with Crippen molar-refractivity contribution in [3.63, 3.8) is 0 Å². The van der Waals surface area contributed by atoms with Crippen LogP contribution in [0.15, 0.2) is 12.4 Å². The van der Waals surface area contributed by atoms with Crippen molar-refractivity contribution in [3.8, 4) is 0 Å². The monoisotopic (exact) mass is 282 g/mol. The SMILES string of the molecule is CCn1cc(NC(=O)NCC(CC(C)C)C(=O)O)cn1. The number of carbonyl (C=O) groups is 2. The first-order valence-corrected chi connectivity index (χ1v) is 6.72. The van der Waals surface area contributed by atoms with Gasteiger partial charge in [0.05, 0.1) is 17.8 Å². The van der Waals surface area contributed by atoms with E-state index in [2.05, 4.69) is 15.7 Å². The van der Waals surface area contributed by atoms with E-state index in [0.29, 0.717) is 12.1 Å². The quantitative estimate of drug-likeness (QED) is 0.710. The molecule has 0 radical (unpaired) electrons. The molecular weight excluding hydrogens is 260 g/mol. The number of carbonyl (C=O) groups excluding carboxylic acids is 1. The van der Waals surface area contributed by atoms with Crippen molar-refractivity contribution in [2.75, 3.05) is 11.9 Å². The fraction of sp³-hybridized carbons (Fsp3) is 0.615. The number of aromatic nitrogens is 2. The summed E-state index contributed by atoms with van der Waals surface area (Å²) in [6.45, 7) is 6.69. The second-order valence-electron chi connectivity index (χ2n) is 5.08. The van der Waals surface area contributed by atoms with Crippen molar-refractivity contribution in [2.45, 2.75) is 33.7 Å². The summed E-state index contributed by atoms with van der Waals surface area (Å²) in [4.78, 5) is 22.7. The van der Waals surface area contributed by atoms with Crippen LogP contribution in [0.3, 0.4) is 0 Å². The van der Waals surface area contributed by atoms with Gasteiger partial charge in [-0.25, -0.2) is 4.79 Å². The average molecular weight is 282 g/mol. The number of nitrogens with one attached hydrogen (secondary N) is 2. The molecule has 0 saturated heterocycles. The lowest BCUT2D eigenvalue weighted by atomic mass is 9.97. The van der Waals surface area contributed by atoms with Gasteiger partial charge < -0.3 is 15.7 Å². The van der Waals surface area contributed by atoms with E-state index in [1.54, 1.807) is 17.1 Å². The van der Waals surface area contributed by atoms with Gasteiger partial charge in [-0.2, -0.15) is 5.10 Å². The Labute approximate surface area is 118 Å². The lowest BCUT2D eigenvalue weighted by molar-refractivity contribution is -0.142. The Morgan fingerprint density at radius 1 is 1.45 bits per heavy atom. The molecule has 1 aromatic heterocycles. The highest BCUT2D eigenvalue weighted by Crippen LogP contribution is 2.11. The standard InChI is InChI=1S/C13H22N4O3/c1-4-17-8-11(7-15-17)16-13(20)14-6-10(12(18)19)5-9(2)3/h7-10H,4-6H2,1-3H3,(H,18,19)(H2,14,16,20). The first-order chi connectivity index (χ1) is 9.42. The van der Waals surface area contributed by atoms with Gasteiger partial charge in [-0.1, -0.05) is 13.8 Å². The summed E-state index contributed by atoms with van der Waals surface area (Å²) in [5.74, 6) is -1.19. The van der Waals surface area contributed by atoms with Gasteiger partial charge in [0.2, 0.25) is 0 Å². The van der Waals surface area contributed by atoms with E-state index < -0.39 is 17.9 Å². The maximum Gasteiger partial charge on any atom is 0.319 e. The zero-order valence-electron chi connectivity index (χ0n) is 12.1. The average Bonchev–Trinajstić information content (AvgIpc) is 2.81. The van der Waals surface area contributed by atoms with Crippen LogP contribution in [0.2, 0.25) is 0 Å². The Bertz CT molecular complexity index is 456. The molecule has 112 valence electrons. The first kappa shape index (κ1) is 16.0. The van der Waals surface area contributed by atoms with Crippen molar-refractivity contribution in [2.24, 2.45) is 11.8 Å². The number of anilines is 1. The normalized spacial score (nSPS) is 12.2. The highest BCUT2D eigenvalue weighted by molar-refractivity contribution is 5.89. The lowest BCUT2D eigenvalue weighted by Crippen LogP contribution is -2.36. The summed E-state index contributed by atoms with van der Waals surface area (Å²) < 4.78 is 1.69. The van der Waals surface area contributed by atoms with Crippen LogP contribution in [0.4, 0.5) is 10.5 Å². The molecule has 0 aliphatic rings. The van der Waals surface area contributed by atoms with Crippen LogP contribution in [0.5, 0.6) is 0 Å². The first-order valence-electron chi connectivity index (χ1n) is 6.72. The molecular formula is C13H22N4O3. The molecule has 0 aliphatic heterocycles. The van der Waals surface area contributed by atoms with Crippen LogP contribution in [0.1, 0.15) is 27.2 Å². The number of rotatable bonds is 7. The van der Waals surface area contributed by atoms with Gasteiger partial charge in [0.1, 0.15) is 0 Å². The van der Waals surface area contributed by atoms with Crippen molar-refractivity contribution in [3.05, 3.63) is 12.4 Å². The maximum atomic E-state index is 11.7. The Balaban J connectivity index is 2.43. The Morgan fingerprint density at radius 3 is 2.65 bits per heavy atom. The zero-order chi connectivity index (χ0) is 15.1. The third-order valence-electron chi connectivity index (χ3n) is 2.83. The molecule has 7 nitrogen and oxygen atoms in total. The van der Waals surface area contributed by atoms with Gasteiger partial charge in [0, 0.05) is 19.3 Å². The van der Waals surface area contributed by atoms with E-state index in [1.807, 2.05) is 20.8 Å². The van der Waals surface area contributed by atoms with Crippen LogP contribution in [0, 0.1) is 11.8 Å². The topological polar surface area (TPSA) is 96.2 Å². The van der Waals surface area contributed by atoms with E-state index in [-0.39, 0.29) is 12.5 Å². The number of hydrogen-bond donors (Lipinski definition) is 3.